The summed E-state index contributed by atoms with van der Waals surface area (Å²) in [5, 5.41) is 2.54. The fourth-order valence-corrected chi connectivity index (χ4v) is 2.64. The molecule has 1 atom stereocenters. The monoisotopic (exact) mass is 329 g/mol. The van der Waals surface area contributed by atoms with Crippen molar-refractivity contribution in [2.24, 2.45) is 0 Å². The van der Waals surface area contributed by atoms with E-state index in [1.54, 1.807) is 19.1 Å². The smallest absolute Gasteiger partial charge is 0.237 e. The van der Waals surface area contributed by atoms with Gasteiger partial charge in [-0.25, -0.2) is 4.39 Å². The number of benzene rings is 2. The van der Waals surface area contributed by atoms with Gasteiger partial charge in [0.25, 0.3) is 0 Å². The van der Waals surface area contributed by atoms with E-state index in [0.717, 1.165) is 11.3 Å². The van der Waals surface area contributed by atoms with Crippen LogP contribution in [0.5, 0.6) is 0 Å². The van der Waals surface area contributed by atoms with Crippen LogP contribution in [0.2, 0.25) is 0 Å². The predicted molar refractivity (Wildman–Crippen MR) is 97.2 cm³/mol. The molecule has 23 heavy (non-hydrogen) atoms. The van der Waals surface area contributed by atoms with Gasteiger partial charge < -0.3 is 5.32 Å². The Morgan fingerprint density at radius 2 is 2.00 bits per heavy atom. The van der Waals surface area contributed by atoms with Gasteiger partial charge in [-0.15, -0.1) is 11.8 Å². The zero-order valence-electron chi connectivity index (χ0n) is 13.3. The summed E-state index contributed by atoms with van der Waals surface area (Å²) in [4.78, 5) is 12.1. The van der Waals surface area contributed by atoms with Crippen LogP contribution >= 0.6 is 11.8 Å². The second-order valence-electron chi connectivity index (χ2n) is 5.24. The van der Waals surface area contributed by atoms with Gasteiger partial charge >= 0.3 is 0 Å². The molecule has 1 unspecified atom stereocenters. The molecule has 0 bridgehead atoms. The summed E-state index contributed by atoms with van der Waals surface area (Å²) < 4.78 is 13.5. The Morgan fingerprint density at radius 1 is 1.26 bits per heavy atom. The van der Waals surface area contributed by atoms with Gasteiger partial charge in [-0.3, -0.25) is 4.79 Å². The Morgan fingerprint density at radius 3 is 2.70 bits per heavy atom. The van der Waals surface area contributed by atoms with Gasteiger partial charge in [0.15, 0.2) is 0 Å². The summed E-state index contributed by atoms with van der Waals surface area (Å²) in [5.74, 6) is 0.311. The Labute approximate surface area is 140 Å². The van der Waals surface area contributed by atoms with Crippen molar-refractivity contribution in [1.29, 1.82) is 0 Å². The summed E-state index contributed by atoms with van der Waals surface area (Å²) in [6, 6.07) is 14.7. The van der Waals surface area contributed by atoms with Crippen LogP contribution in [0.1, 0.15) is 18.1 Å². The molecule has 2 rings (SSSR count). The number of halogens is 1. The fraction of sp³-hybridized carbons (Fsp3) is 0.211. The maximum Gasteiger partial charge on any atom is 0.237 e. The number of hydrogen-bond acceptors (Lipinski definition) is 2. The maximum absolute atomic E-state index is 13.5. The molecule has 0 aromatic heterocycles. The minimum absolute atomic E-state index is 0.119. The third-order valence-corrected chi connectivity index (χ3v) is 4.46. The summed E-state index contributed by atoms with van der Waals surface area (Å²) in [6.45, 7) is 3.54. The summed E-state index contributed by atoms with van der Waals surface area (Å²) in [7, 11) is 0. The quantitative estimate of drug-likeness (QED) is 0.816. The van der Waals surface area contributed by atoms with Gasteiger partial charge in [0.05, 0.1) is 5.25 Å². The van der Waals surface area contributed by atoms with E-state index in [0.29, 0.717) is 11.3 Å². The molecule has 2 nitrogen and oxygen atoms in total. The first-order valence-electron chi connectivity index (χ1n) is 7.46. The van der Waals surface area contributed by atoms with Crippen molar-refractivity contribution in [2.45, 2.75) is 19.1 Å². The first kappa shape index (κ1) is 17.3. The largest absolute Gasteiger partial charge is 0.325 e. The van der Waals surface area contributed by atoms with Crippen molar-refractivity contribution in [1.82, 2.24) is 0 Å². The Hall–Kier alpha value is -2.07. The van der Waals surface area contributed by atoms with Crippen LogP contribution in [-0.2, 0) is 4.79 Å². The molecular formula is C19H20FNOS. The van der Waals surface area contributed by atoms with E-state index in [4.69, 9.17) is 0 Å². The SMILES string of the molecule is Cc1ccc(NC(=O)C(C)SC/C=C/c2ccccc2)cc1F. The van der Waals surface area contributed by atoms with Crippen molar-refractivity contribution >= 4 is 29.4 Å². The molecule has 2 aromatic rings. The second-order valence-corrected chi connectivity index (χ2v) is 6.62. The third kappa shape index (κ3) is 5.57. The zero-order valence-corrected chi connectivity index (χ0v) is 14.1. The van der Waals surface area contributed by atoms with Gasteiger partial charge in [0.2, 0.25) is 5.91 Å². The van der Waals surface area contributed by atoms with Crippen molar-refractivity contribution in [3.05, 3.63) is 71.6 Å². The first-order chi connectivity index (χ1) is 11.1. The van der Waals surface area contributed by atoms with E-state index in [1.165, 1.54) is 17.8 Å². The van der Waals surface area contributed by atoms with E-state index in [-0.39, 0.29) is 17.0 Å². The Kier molecular flexibility index (Phi) is 6.41. The van der Waals surface area contributed by atoms with E-state index >= 15 is 0 Å². The number of anilines is 1. The Bertz CT molecular complexity index is 685. The van der Waals surface area contributed by atoms with E-state index < -0.39 is 0 Å². The molecule has 2 aromatic carbocycles. The number of carbonyl (C=O) groups excluding carboxylic acids is 1. The standard InChI is InChI=1S/C19H20FNOS/c1-14-10-11-17(13-18(14)20)21-19(22)15(2)23-12-6-9-16-7-4-3-5-8-16/h3-11,13,15H,12H2,1-2H3,(H,21,22)/b9-6+. The van der Waals surface area contributed by atoms with Crippen molar-refractivity contribution in [3.8, 4) is 0 Å². The van der Waals surface area contributed by atoms with Crippen LogP contribution in [0.25, 0.3) is 6.08 Å². The maximum atomic E-state index is 13.5. The van der Waals surface area contributed by atoms with E-state index in [2.05, 4.69) is 5.32 Å². The van der Waals surface area contributed by atoms with Gasteiger partial charge in [-0.2, -0.15) is 0 Å². The topological polar surface area (TPSA) is 29.1 Å². The number of rotatable bonds is 6. The highest BCUT2D eigenvalue weighted by Gasteiger charge is 2.13. The molecule has 1 amide bonds. The first-order valence-corrected chi connectivity index (χ1v) is 8.51. The average Bonchev–Trinajstić information content (AvgIpc) is 2.55. The van der Waals surface area contributed by atoms with Crippen molar-refractivity contribution in [2.75, 3.05) is 11.1 Å². The van der Waals surface area contributed by atoms with E-state index in [9.17, 15) is 9.18 Å². The molecule has 120 valence electrons. The zero-order chi connectivity index (χ0) is 16.7. The van der Waals surface area contributed by atoms with Gasteiger partial charge in [-0.05, 0) is 37.1 Å². The van der Waals surface area contributed by atoms with Crippen LogP contribution in [0.3, 0.4) is 0 Å². The molecule has 4 heteroatoms. The molecule has 0 radical (unpaired) electrons. The highest BCUT2D eigenvalue weighted by Crippen LogP contribution is 2.17. The minimum Gasteiger partial charge on any atom is -0.325 e. The third-order valence-electron chi connectivity index (χ3n) is 3.36. The molecule has 0 heterocycles. The molecule has 0 aliphatic rings. The average molecular weight is 329 g/mol. The number of aryl methyl sites for hydroxylation is 1. The van der Waals surface area contributed by atoms with Crippen LogP contribution < -0.4 is 5.32 Å². The lowest BCUT2D eigenvalue weighted by atomic mass is 10.2. The van der Waals surface area contributed by atoms with Crippen LogP contribution in [-0.4, -0.2) is 16.9 Å². The van der Waals surface area contributed by atoms with Gasteiger partial charge in [0.1, 0.15) is 5.82 Å². The van der Waals surface area contributed by atoms with Gasteiger partial charge in [-0.1, -0.05) is 48.6 Å². The molecule has 0 aliphatic carbocycles. The molecule has 1 N–H and O–H groups in total. The molecule has 0 saturated carbocycles. The molecule has 0 fully saturated rings. The lowest BCUT2D eigenvalue weighted by molar-refractivity contribution is -0.115. The summed E-state index contributed by atoms with van der Waals surface area (Å²) in [6.07, 6.45) is 4.07. The fourth-order valence-electron chi connectivity index (χ4n) is 1.94. The van der Waals surface area contributed by atoms with Crippen LogP contribution in [0.4, 0.5) is 10.1 Å². The highest BCUT2D eigenvalue weighted by molar-refractivity contribution is 8.00. The highest BCUT2D eigenvalue weighted by atomic mass is 32.2. The predicted octanol–water partition coefficient (Wildman–Crippen LogP) is 4.91. The van der Waals surface area contributed by atoms with Crippen LogP contribution in [0.15, 0.2) is 54.6 Å². The number of amides is 1. The number of nitrogens with one attached hydrogen (secondary N) is 1. The second kappa shape index (κ2) is 8.53. The van der Waals surface area contributed by atoms with Crippen LogP contribution in [0, 0.1) is 12.7 Å². The Balaban J connectivity index is 1.80. The molecule has 0 aliphatic heterocycles. The number of carbonyl (C=O) groups is 1. The normalized spacial score (nSPS) is 12.3. The summed E-state index contributed by atoms with van der Waals surface area (Å²) in [5.41, 5.74) is 2.20. The molecular weight excluding hydrogens is 309 g/mol. The summed E-state index contributed by atoms with van der Waals surface area (Å²) >= 11 is 1.54. The molecule has 0 spiro atoms. The lowest BCUT2D eigenvalue weighted by Gasteiger charge is -2.11. The van der Waals surface area contributed by atoms with Gasteiger partial charge in [0, 0.05) is 11.4 Å². The molecule has 0 saturated heterocycles. The minimum atomic E-state index is -0.311. The van der Waals surface area contributed by atoms with Crippen molar-refractivity contribution < 1.29 is 9.18 Å². The van der Waals surface area contributed by atoms with Crippen molar-refractivity contribution in [3.63, 3.8) is 0 Å². The lowest BCUT2D eigenvalue weighted by Crippen LogP contribution is -2.22. The number of hydrogen-bond donors (Lipinski definition) is 1. The number of thioether (sulfide) groups is 1. The van der Waals surface area contributed by atoms with E-state index in [1.807, 2.05) is 49.4 Å².